The first-order valence-corrected chi connectivity index (χ1v) is 10.1. The fraction of sp³-hybridized carbons (Fsp3) is 0.364. The van der Waals surface area contributed by atoms with Crippen LogP contribution in [0.2, 0.25) is 0 Å². The van der Waals surface area contributed by atoms with Crippen LogP contribution in [0.5, 0.6) is 0 Å². The van der Waals surface area contributed by atoms with Crippen molar-refractivity contribution in [1.29, 1.82) is 0 Å². The number of nitrogens with zero attached hydrogens (tertiary/aromatic N) is 5. The Labute approximate surface area is 171 Å². The number of H-pyrrole nitrogens is 1. The van der Waals surface area contributed by atoms with Gasteiger partial charge in [-0.3, -0.25) is 10.1 Å². The summed E-state index contributed by atoms with van der Waals surface area (Å²) >= 11 is 0. The SMILES string of the molecule is CC/C=C/c1ncc(Nc2cc(C3CC3)[nH]n2)nc1N(C)C(C)c1cccnc1. The standard InChI is InChI=1S/C22H27N7/c1-4-5-8-18-22(29(3)15(2)17-7-6-11-23-13-17)26-21(14-24-18)25-20-12-19(27-28-20)16-9-10-16/h5-8,11-16H,4,9-10H2,1-3H3,(H2,25,26,27,28)/b8-5+. The third-order valence-electron chi connectivity index (χ3n) is 5.25. The number of nitrogens with one attached hydrogen (secondary N) is 2. The molecule has 3 aromatic heterocycles. The van der Waals surface area contributed by atoms with Gasteiger partial charge in [-0.1, -0.05) is 19.1 Å². The second kappa shape index (κ2) is 8.43. The first-order chi connectivity index (χ1) is 14.2. The van der Waals surface area contributed by atoms with E-state index >= 15 is 0 Å². The van der Waals surface area contributed by atoms with Crippen LogP contribution in [0.1, 0.15) is 62.0 Å². The number of aromatic nitrogens is 5. The summed E-state index contributed by atoms with van der Waals surface area (Å²) in [5.74, 6) is 2.89. The lowest BCUT2D eigenvalue weighted by Gasteiger charge is -2.27. The van der Waals surface area contributed by atoms with Crippen LogP contribution in [-0.2, 0) is 0 Å². The third-order valence-corrected chi connectivity index (χ3v) is 5.25. The predicted molar refractivity (Wildman–Crippen MR) is 116 cm³/mol. The molecule has 7 nitrogen and oxygen atoms in total. The summed E-state index contributed by atoms with van der Waals surface area (Å²) in [7, 11) is 2.04. The molecule has 4 rings (SSSR count). The Bertz CT molecular complexity index is 976. The van der Waals surface area contributed by atoms with Crippen molar-refractivity contribution >= 4 is 23.5 Å². The van der Waals surface area contributed by atoms with Gasteiger partial charge in [0, 0.05) is 37.1 Å². The van der Waals surface area contributed by atoms with Crippen LogP contribution in [0, 0.1) is 0 Å². The smallest absolute Gasteiger partial charge is 0.157 e. The van der Waals surface area contributed by atoms with Crippen LogP contribution in [0.4, 0.5) is 17.5 Å². The van der Waals surface area contributed by atoms with Crippen molar-refractivity contribution in [2.24, 2.45) is 0 Å². The highest BCUT2D eigenvalue weighted by molar-refractivity contribution is 5.64. The maximum Gasteiger partial charge on any atom is 0.157 e. The highest BCUT2D eigenvalue weighted by Crippen LogP contribution is 2.39. The van der Waals surface area contributed by atoms with E-state index in [4.69, 9.17) is 4.98 Å². The predicted octanol–water partition coefficient (Wildman–Crippen LogP) is 4.84. The molecule has 7 heteroatoms. The third kappa shape index (κ3) is 4.45. The molecule has 1 saturated carbocycles. The zero-order valence-corrected chi connectivity index (χ0v) is 17.1. The summed E-state index contributed by atoms with van der Waals surface area (Å²) in [5.41, 5.74) is 3.16. The summed E-state index contributed by atoms with van der Waals surface area (Å²) in [6, 6.07) is 6.20. The Morgan fingerprint density at radius 2 is 2.17 bits per heavy atom. The van der Waals surface area contributed by atoms with E-state index in [-0.39, 0.29) is 6.04 Å². The van der Waals surface area contributed by atoms with Crippen LogP contribution >= 0.6 is 0 Å². The van der Waals surface area contributed by atoms with Gasteiger partial charge in [-0.05, 0) is 43.9 Å². The number of aromatic amines is 1. The average molecular weight is 390 g/mol. The molecule has 0 amide bonds. The second-order valence-electron chi connectivity index (χ2n) is 7.46. The number of hydrogen-bond donors (Lipinski definition) is 2. The maximum absolute atomic E-state index is 4.86. The Hall–Kier alpha value is -3.22. The molecular weight excluding hydrogens is 362 g/mol. The molecule has 1 aliphatic carbocycles. The fourth-order valence-electron chi connectivity index (χ4n) is 3.22. The van der Waals surface area contributed by atoms with Crippen molar-refractivity contribution in [3.8, 4) is 0 Å². The molecule has 0 saturated heterocycles. The summed E-state index contributed by atoms with van der Waals surface area (Å²) in [6.07, 6.45) is 13.0. The zero-order valence-electron chi connectivity index (χ0n) is 17.1. The van der Waals surface area contributed by atoms with Gasteiger partial charge in [-0.25, -0.2) is 9.97 Å². The lowest BCUT2D eigenvalue weighted by molar-refractivity contribution is 0.722. The van der Waals surface area contributed by atoms with Crippen molar-refractivity contribution in [3.05, 3.63) is 59.8 Å². The Balaban J connectivity index is 1.61. The minimum absolute atomic E-state index is 0.105. The van der Waals surface area contributed by atoms with Crippen molar-refractivity contribution in [3.63, 3.8) is 0 Å². The minimum Gasteiger partial charge on any atom is -0.351 e. The number of pyridine rings is 1. The quantitative estimate of drug-likeness (QED) is 0.574. The number of anilines is 3. The summed E-state index contributed by atoms with van der Waals surface area (Å²) < 4.78 is 0. The van der Waals surface area contributed by atoms with Crippen LogP contribution < -0.4 is 10.2 Å². The first kappa shape index (κ1) is 19.1. The molecule has 1 atom stereocenters. The molecule has 1 unspecified atom stereocenters. The van der Waals surface area contributed by atoms with E-state index in [1.165, 1.54) is 18.5 Å². The van der Waals surface area contributed by atoms with Crippen LogP contribution in [0.3, 0.4) is 0 Å². The monoisotopic (exact) mass is 389 g/mol. The van der Waals surface area contributed by atoms with Crippen LogP contribution in [-0.4, -0.2) is 32.2 Å². The van der Waals surface area contributed by atoms with E-state index in [0.717, 1.165) is 29.3 Å². The topological polar surface area (TPSA) is 82.6 Å². The van der Waals surface area contributed by atoms with E-state index in [1.807, 2.05) is 25.4 Å². The van der Waals surface area contributed by atoms with Gasteiger partial charge in [0.15, 0.2) is 17.5 Å². The molecule has 2 N–H and O–H groups in total. The van der Waals surface area contributed by atoms with Gasteiger partial charge >= 0.3 is 0 Å². The summed E-state index contributed by atoms with van der Waals surface area (Å²) in [6.45, 7) is 4.25. The normalized spacial score (nSPS) is 14.9. The average Bonchev–Trinajstić information content (AvgIpc) is 3.51. The molecule has 0 aromatic carbocycles. The lowest BCUT2D eigenvalue weighted by atomic mass is 10.1. The van der Waals surface area contributed by atoms with Crippen molar-refractivity contribution in [2.75, 3.05) is 17.3 Å². The largest absolute Gasteiger partial charge is 0.351 e. The Morgan fingerprint density at radius 3 is 2.90 bits per heavy atom. The molecule has 1 aliphatic rings. The molecule has 0 radical (unpaired) electrons. The van der Waals surface area contributed by atoms with Crippen molar-refractivity contribution < 1.29 is 0 Å². The molecule has 3 aromatic rings. The van der Waals surface area contributed by atoms with E-state index in [0.29, 0.717) is 11.7 Å². The molecule has 3 heterocycles. The van der Waals surface area contributed by atoms with Crippen LogP contribution in [0.15, 0.2) is 42.9 Å². The second-order valence-corrected chi connectivity index (χ2v) is 7.46. The fourth-order valence-corrected chi connectivity index (χ4v) is 3.22. The van der Waals surface area contributed by atoms with Gasteiger partial charge in [-0.15, -0.1) is 0 Å². The van der Waals surface area contributed by atoms with E-state index in [9.17, 15) is 0 Å². The van der Waals surface area contributed by atoms with Crippen molar-refractivity contribution in [1.82, 2.24) is 25.1 Å². The summed E-state index contributed by atoms with van der Waals surface area (Å²) in [4.78, 5) is 15.9. The summed E-state index contributed by atoms with van der Waals surface area (Å²) in [5, 5.41) is 10.8. The molecule has 29 heavy (non-hydrogen) atoms. The molecule has 1 fully saturated rings. The van der Waals surface area contributed by atoms with Gasteiger partial charge in [0.05, 0.1) is 12.2 Å². The van der Waals surface area contributed by atoms with Gasteiger partial charge in [0.25, 0.3) is 0 Å². The molecule has 0 spiro atoms. The number of allylic oxidation sites excluding steroid dienone is 1. The minimum atomic E-state index is 0.105. The van der Waals surface area contributed by atoms with Gasteiger partial charge < -0.3 is 10.2 Å². The maximum atomic E-state index is 4.86. The highest BCUT2D eigenvalue weighted by Gasteiger charge is 2.25. The molecular formula is C22H27N7. The number of hydrogen-bond acceptors (Lipinski definition) is 6. The number of rotatable bonds is 8. The zero-order chi connectivity index (χ0) is 20.2. The Morgan fingerprint density at radius 1 is 1.31 bits per heavy atom. The highest BCUT2D eigenvalue weighted by atomic mass is 15.2. The Kier molecular flexibility index (Phi) is 5.55. The van der Waals surface area contributed by atoms with E-state index in [2.05, 4.69) is 62.4 Å². The molecule has 150 valence electrons. The van der Waals surface area contributed by atoms with Gasteiger partial charge in [-0.2, -0.15) is 5.10 Å². The van der Waals surface area contributed by atoms with Crippen LogP contribution in [0.25, 0.3) is 6.08 Å². The molecule has 0 aliphatic heterocycles. The van der Waals surface area contributed by atoms with Crippen molar-refractivity contribution in [2.45, 2.75) is 45.1 Å². The molecule has 0 bridgehead atoms. The lowest BCUT2D eigenvalue weighted by Crippen LogP contribution is -2.24. The first-order valence-electron chi connectivity index (χ1n) is 10.1. The van der Waals surface area contributed by atoms with E-state index < -0.39 is 0 Å². The van der Waals surface area contributed by atoms with Gasteiger partial charge in [0.2, 0.25) is 0 Å². The van der Waals surface area contributed by atoms with E-state index in [1.54, 1.807) is 12.4 Å². The van der Waals surface area contributed by atoms with Gasteiger partial charge in [0.1, 0.15) is 5.69 Å².